The largest absolute Gasteiger partial charge is 0.456 e. The van der Waals surface area contributed by atoms with Crippen LogP contribution in [0.15, 0.2) is 119 Å². The minimum atomic E-state index is -3.89. The van der Waals surface area contributed by atoms with Crippen molar-refractivity contribution in [1.29, 1.82) is 0 Å². The number of hydrogen-bond acceptors (Lipinski definition) is 7. The molecule has 0 saturated carbocycles. The summed E-state index contributed by atoms with van der Waals surface area (Å²) in [7, 11) is -2.97. The molecular formula is C41H36N3O4S3+. The van der Waals surface area contributed by atoms with Crippen LogP contribution in [0.5, 0.6) is 0 Å². The van der Waals surface area contributed by atoms with Crippen LogP contribution in [-0.4, -0.2) is 44.0 Å². The number of carbonyl (C=O) groups excluding carboxylic acids is 1. The van der Waals surface area contributed by atoms with Crippen LogP contribution in [0.25, 0.3) is 33.4 Å². The van der Waals surface area contributed by atoms with Gasteiger partial charge in [0.15, 0.2) is 6.54 Å². The van der Waals surface area contributed by atoms with Crippen molar-refractivity contribution in [2.45, 2.75) is 30.6 Å². The Hall–Kier alpha value is -4.35. The van der Waals surface area contributed by atoms with E-state index in [9.17, 15) is 13.2 Å². The standard InChI is InChI=1S/C41H35N3O4S3/c45-41(50-49)29-17-21-42(22-18-29)51(46,47)39-12-6-3-9-34(39)40-32-15-13-30(43-23-19-27-7-1-4-10-35(27)43)25-37(32)48-38-26-31(14-16-33(38)40)44-24-20-28-8-2-5-11-36(28)44/h1-16,25-26,29H,17-24H2/p+1. The Kier molecular flexibility index (Phi) is 8.30. The van der Waals surface area contributed by atoms with Gasteiger partial charge in [0.25, 0.3) is 0 Å². The van der Waals surface area contributed by atoms with E-state index in [1.54, 1.807) is 12.1 Å². The number of para-hydroxylation sites is 2. The number of carbonyl (C=O) groups is 1. The number of fused-ring (bicyclic) bond motifs is 4. The van der Waals surface area contributed by atoms with Crippen molar-refractivity contribution >= 4 is 65.6 Å². The van der Waals surface area contributed by atoms with Crippen molar-refractivity contribution in [2.24, 2.45) is 5.92 Å². The Labute approximate surface area is 306 Å². The van der Waals surface area contributed by atoms with E-state index in [0.717, 1.165) is 64.3 Å². The lowest BCUT2D eigenvalue weighted by Gasteiger charge is -2.31. The molecule has 4 heterocycles. The second-order valence-corrected chi connectivity index (χ2v) is 16.5. The number of hydrogen-bond donors (Lipinski definition) is 1. The van der Waals surface area contributed by atoms with Gasteiger partial charge in [0.05, 0.1) is 11.0 Å². The van der Waals surface area contributed by atoms with Crippen molar-refractivity contribution < 1.29 is 17.6 Å². The molecule has 0 bridgehead atoms. The highest BCUT2D eigenvalue weighted by Crippen LogP contribution is 2.45. The Morgan fingerprint density at radius 2 is 1.57 bits per heavy atom. The van der Waals surface area contributed by atoms with Crippen LogP contribution in [0.3, 0.4) is 0 Å². The molecule has 7 nitrogen and oxygen atoms in total. The summed E-state index contributed by atoms with van der Waals surface area (Å²) in [5, 5.41) is 1.87. The van der Waals surface area contributed by atoms with Crippen LogP contribution in [0.4, 0.5) is 17.1 Å². The molecule has 0 aromatic heterocycles. The molecule has 0 unspecified atom stereocenters. The molecule has 0 amide bonds. The zero-order valence-electron chi connectivity index (χ0n) is 27.9. The molecule has 5 aliphatic rings. The zero-order valence-corrected chi connectivity index (χ0v) is 30.4. The van der Waals surface area contributed by atoms with Crippen molar-refractivity contribution in [3.8, 4) is 22.5 Å². The average molecular weight is 731 g/mol. The summed E-state index contributed by atoms with van der Waals surface area (Å²) in [6, 6.07) is 36.9. The summed E-state index contributed by atoms with van der Waals surface area (Å²) in [4.78, 5) is 14.9. The predicted molar refractivity (Wildman–Crippen MR) is 208 cm³/mol. The predicted octanol–water partition coefficient (Wildman–Crippen LogP) is 8.06. The number of anilines is 2. The highest BCUT2D eigenvalue weighted by Gasteiger charge is 2.35. The molecule has 9 rings (SSSR count). The van der Waals surface area contributed by atoms with E-state index in [4.69, 9.17) is 4.42 Å². The van der Waals surface area contributed by atoms with Crippen LogP contribution >= 0.6 is 22.5 Å². The summed E-state index contributed by atoms with van der Waals surface area (Å²) in [5.41, 5.74) is 9.05. The third-order valence-electron chi connectivity index (χ3n) is 10.7. The molecular weight excluding hydrogens is 695 g/mol. The maximum Gasteiger partial charge on any atom is 0.243 e. The van der Waals surface area contributed by atoms with Gasteiger partial charge >= 0.3 is 0 Å². The Morgan fingerprint density at radius 3 is 2.41 bits per heavy atom. The fourth-order valence-corrected chi connectivity index (χ4v) is 10.7. The Morgan fingerprint density at radius 1 is 0.804 bits per heavy atom. The highest BCUT2D eigenvalue weighted by molar-refractivity contribution is 8.74. The van der Waals surface area contributed by atoms with Gasteiger partial charge in [0, 0.05) is 89.2 Å². The molecule has 1 fully saturated rings. The molecule has 0 N–H and O–H groups in total. The monoisotopic (exact) mass is 730 g/mol. The molecule has 0 radical (unpaired) electrons. The molecule has 1 saturated heterocycles. The van der Waals surface area contributed by atoms with Gasteiger partial charge in [0.1, 0.15) is 11.3 Å². The van der Waals surface area contributed by atoms with E-state index in [1.165, 1.54) is 26.8 Å². The van der Waals surface area contributed by atoms with Crippen LogP contribution in [0.2, 0.25) is 0 Å². The van der Waals surface area contributed by atoms with Crippen molar-refractivity contribution in [1.82, 2.24) is 8.88 Å². The SMILES string of the molecule is O=C(SS)C1CCN(S(=O)(=O)c2ccccc2-c2c3cc/c(=[N+]4/CCc5ccccc54)cc-3oc3cc(N4CCc5ccccc54)ccc23)CC1. The molecule has 1 aliphatic carbocycles. The van der Waals surface area contributed by atoms with Gasteiger partial charge in [-0.05, 0) is 66.0 Å². The Bertz CT molecular complexity index is 2500. The molecule has 0 spiro atoms. The van der Waals surface area contributed by atoms with E-state index in [2.05, 4.69) is 106 Å². The van der Waals surface area contributed by atoms with Gasteiger partial charge in [-0.1, -0.05) is 54.6 Å². The third kappa shape index (κ3) is 5.60. The first-order valence-electron chi connectivity index (χ1n) is 17.4. The van der Waals surface area contributed by atoms with E-state index in [1.807, 2.05) is 12.1 Å². The molecule has 256 valence electrons. The van der Waals surface area contributed by atoms with Crippen LogP contribution in [0.1, 0.15) is 24.0 Å². The molecule has 51 heavy (non-hydrogen) atoms. The van der Waals surface area contributed by atoms with Gasteiger partial charge in [-0.15, -0.1) is 11.7 Å². The topological polar surface area (TPSA) is 73.8 Å². The molecule has 4 aliphatic heterocycles. The lowest BCUT2D eigenvalue weighted by atomic mass is 9.93. The van der Waals surface area contributed by atoms with Gasteiger partial charge in [-0.25, -0.2) is 8.42 Å². The number of piperidine rings is 1. The quantitative estimate of drug-likeness (QED) is 0.0838. The number of benzene rings is 5. The third-order valence-corrected chi connectivity index (χ3v) is 13.7. The minimum Gasteiger partial charge on any atom is -0.456 e. The second kappa shape index (κ2) is 13.0. The summed E-state index contributed by atoms with van der Waals surface area (Å²) in [5.74, 6) is 0.500. The maximum absolute atomic E-state index is 14.5. The normalized spacial score (nSPS) is 17.6. The molecule has 0 atom stereocenters. The lowest BCUT2D eigenvalue weighted by Crippen LogP contribution is -2.39. The Balaban J connectivity index is 1.23. The average Bonchev–Trinajstić information content (AvgIpc) is 3.81. The number of rotatable bonds is 5. The van der Waals surface area contributed by atoms with E-state index < -0.39 is 10.0 Å². The summed E-state index contributed by atoms with van der Waals surface area (Å²) < 4.78 is 39.6. The number of sulfonamides is 1. The van der Waals surface area contributed by atoms with Crippen molar-refractivity contribution in [2.75, 3.05) is 31.1 Å². The molecule has 4 aromatic rings. The van der Waals surface area contributed by atoms with E-state index in [-0.39, 0.29) is 29.0 Å². The second-order valence-electron chi connectivity index (χ2n) is 13.5. The molecule has 4 aromatic carbocycles. The summed E-state index contributed by atoms with van der Waals surface area (Å²) >= 11 is 4.09. The summed E-state index contributed by atoms with van der Waals surface area (Å²) in [6.07, 6.45) is 2.90. The van der Waals surface area contributed by atoms with Crippen LogP contribution in [-0.2, 0) is 27.7 Å². The van der Waals surface area contributed by atoms with Crippen LogP contribution < -0.4 is 14.8 Å². The first kappa shape index (κ1) is 32.6. The van der Waals surface area contributed by atoms with E-state index >= 15 is 0 Å². The first-order valence-corrected chi connectivity index (χ1v) is 20.7. The smallest absolute Gasteiger partial charge is 0.243 e. The molecule has 10 heteroatoms. The fourth-order valence-electron chi connectivity index (χ4n) is 8.15. The van der Waals surface area contributed by atoms with Gasteiger partial charge in [-0.2, -0.15) is 8.88 Å². The van der Waals surface area contributed by atoms with Crippen molar-refractivity contribution in [3.05, 3.63) is 126 Å². The van der Waals surface area contributed by atoms with Crippen molar-refractivity contribution in [3.63, 3.8) is 0 Å². The summed E-state index contributed by atoms with van der Waals surface area (Å²) in [6.45, 7) is 2.32. The van der Waals surface area contributed by atoms with Gasteiger partial charge in [-0.3, -0.25) is 4.79 Å². The van der Waals surface area contributed by atoms with Crippen LogP contribution in [0, 0.1) is 5.92 Å². The highest BCUT2D eigenvalue weighted by atomic mass is 33.1. The maximum atomic E-state index is 14.5. The first-order chi connectivity index (χ1) is 24.9. The minimum absolute atomic E-state index is 0.00432. The van der Waals surface area contributed by atoms with Gasteiger partial charge in [0.2, 0.25) is 26.2 Å². The van der Waals surface area contributed by atoms with E-state index in [0.29, 0.717) is 29.7 Å². The lowest BCUT2D eigenvalue weighted by molar-refractivity contribution is -0.115. The number of thiol groups is 1. The number of nitrogens with zero attached hydrogens (tertiary/aromatic N) is 3. The zero-order chi connectivity index (χ0) is 34.7. The fraction of sp³-hybridized carbons (Fsp3) is 0.220. The van der Waals surface area contributed by atoms with Gasteiger partial charge < -0.3 is 9.32 Å².